The number of carbonyl (C=O) groups is 3. The van der Waals surface area contributed by atoms with E-state index in [4.69, 9.17) is 9.47 Å². The molecule has 1 aliphatic carbocycles. The Bertz CT molecular complexity index is 676. The quantitative estimate of drug-likeness (QED) is 0.759. The molecule has 0 bridgehead atoms. The summed E-state index contributed by atoms with van der Waals surface area (Å²) in [6.45, 7) is 0. The van der Waals surface area contributed by atoms with Crippen LogP contribution in [0.4, 0.5) is 5.69 Å². The molecular weight excluding hydrogens is 372 g/mol. The van der Waals surface area contributed by atoms with Crippen molar-refractivity contribution in [3.8, 4) is 0 Å². The summed E-state index contributed by atoms with van der Waals surface area (Å²) in [7, 11) is 2.52. The standard InChI is InChI=1S/C19H24N2O5.ClH/c1-25-18(23)12-7-13(19(24)26-2)9-14(8-12)20-17(22)16-10-11-5-3-4-6-15(11)21-16;/h7-9,11,15-16,21H,3-6,10H2,1-2H3,(H,20,22);1H. The average molecular weight is 397 g/mol. The van der Waals surface area contributed by atoms with Crippen LogP contribution in [0.15, 0.2) is 18.2 Å². The number of ether oxygens (including phenoxy) is 2. The fourth-order valence-corrected chi connectivity index (χ4v) is 3.92. The number of nitrogens with one attached hydrogen (secondary N) is 2. The van der Waals surface area contributed by atoms with Gasteiger partial charge in [-0.15, -0.1) is 12.4 Å². The summed E-state index contributed by atoms with van der Waals surface area (Å²) in [6, 6.07) is 4.53. The first-order valence-electron chi connectivity index (χ1n) is 8.90. The average Bonchev–Trinajstić information content (AvgIpc) is 3.10. The largest absolute Gasteiger partial charge is 0.465 e. The molecule has 1 aliphatic heterocycles. The first-order valence-corrected chi connectivity index (χ1v) is 8.90. The molecule has 0 aromatic heterocycles. The van der Waals surface area contributed by atoms with Crippen molar-refractivity contribution in [1.82, 2.24) is 5.32 Å². The van der Waals surface area contributed by atoms with E-state index in [-0.39, 0.29) is 35.5 Å². The van der Waals surface area contributed by atoms with Gasteiger partial charge in [-0.05, 0) is 43.4 Å². The van der Waals surface area contributed by atoms with Crippen LogP contribution in [0, 0.1) is 5.92 Å². The second-order valence-electron chi connectivity index (χ2n) is 6.88. The highest BCUT2D eigenvalue weighted by atomic mass is 35.5. The predicted molar refractivity (Wildman–Crippen MR) is 102 cm³/mol. The second kappa shape index (κ2) is 9.19. The molecule has 1 saturated carbocycles. The lowest BCUT2D eigenvalue weighted by atomic mass is 9.85. The van der Waals surface area contributed by atoms with Crippen LogP contribution in [0.1, 0.15) is 52.8 Å². The number of amides is 1. The number of carbonyl (C=O) groups excluding carboxylic acids is 3. The number of methoxy groups -OCH3 is 2. The molecule has 3 atom stereocenters. The zero-order valence-electron chi connectivity index (χ0n) is 15.4. The smallest absolute Gasteiger partial charge is 0.337 e. The third-order valence-corrected chi connectivity index (χ3v) is 5.22. The van der Waals surface area contributed by atoms with Crippen molar-refractivity contribution in [3.05, 3.63) is 29.3 Å². The molecule has 1 saturated heterocycles. The van der Waals surface area contributed by atoms with Gasteiger partial charge in [0.2, 0.25) is 5.91 Å². The van der Waals surface area contributed by atoms with Gasteiger partial charge in [-0.3, -0.25) is 4.79 Å². The Hall–Kier alpha value is -2.12. The Morgan fingerprint density at radius 2 is 1.59 bits per heavy atom. The Kier molecular flexibility index (Phi) is 7.21. The first-order chi connectivity index (χ1) is 12.5. The van der Waals surface area contributed by atoms with Gasteiger partial charge in [0.1, 0.15) is 0 Å². The van der Waals surface area contributed by atoms with Crippen LogP contribution in [-0.2, 0) is 14.3 Å². The molecule has 7 nitrogen and oxygen atoms in total. The SMILES string of the molecule is COC(=O)c1cc(NC(=O)C2CC3CCCCC3N2)cc(C(=O)OC)c1.Cl. The molecule has 3 rings (SSSR count). The molecule has 1 amide bonds. The molecule has 2 N–H and O–H groups in total. The molecule has 0 radical (unpaired) electrons. The fraction of sp³-hybridized carbons (Fsp3) is 0.526. The van der Waals surface area contributed by atoms with E-state index in [1.807, 2.05) is 0 Å². The van der Waals surface area contributed by atoms with Gasteiger partial charge in [0.05, 0.1) is 31.4 Å². The van der Waals surface area contributed by atoms with E-state index in [9.17, 15) is 14.4 Å². The molecule has 1 aromatic rings. The van der Waals surface area contributed by atoms with Crippen LogP contribution in [0.3, 0.4) is 0 Å². The van der Waals surface area contributed by atoms with E-state index >= 15 is 0 Å². The third kappa shape index (κ3) is 4.78. The van der Waals surface area contributed by atoms with Crippen molar-refractivity contribution in [2.45, 2.75) is 44.2 Å². The highest BCUT2D eigenvalue weighted by molar-refractivity contribution is 6.00. The van der Waals surface area contributed by atoms with Gasteiger partial charge in [0.25, 0.3) is 0 Å². The minimum absolute atomic E-state index is 0. The minimum atomic E-state index is -0.587. The van der Waals surface area contributed by atoms with E-state index in [0.717, 1.165) is 19.3 Å². The summed E-state index contributed by atoms with van der Waals surface area (Å²) in [5, 5.41) is 6.23. The number of benzene rings is 1. The predicted octanol–water partition coefficient (Wildman–Crippen LogP) is 2.54. The van der Waals surface area contributed by atoms with Gasteiger partial charge >= 0.3 is 11.9 Å². The zero-order chi connectivity index (χ0) is 18.7. The maximum atomic E-state index is 12.7. The van der Waals surface area contributed by atoms with E-state index in [1.165, 1.54) is 45.3 Å². The minimum Gasteiger partial charge on any atom is -0.465 e. The number of hydrogen-bond acceptors (Lipinski definition) is 6. The lowest BCUT2D eigenvalue weighted by molar-refractivity contribution is -0.117. The Morgan fingerprint density at radius 3 is 2.15 bits per heavy atom. The van der Waals surface area contributed by atoms with E-state index in [1.54, 1.807) is 0 Å². The molecule has 148 valence electrons. The van der Waals surface area contributed by atoms with Crippen LogP contribution in [0.5, 0.6) is 0 Å². The molecule has 1 aromatic carbocycles. The van der Waals surface area contributed by atoms with E-state index in [0.29, 0.717) is 17.6 Å². The number of fused-ring (bicyclic) bond motifs is 1. The third-order valence-electron chi connectivity index (χ3n) is 5.22. The number of hydrogen-bond donors (Lipinski definition) is 2. The van der Waals surface area contributed by atoms with Crippen LogP contribution < -0.4 is 10.6 Å². The highest BCUT2D eigenvalue weighted by Gasteiger charge is 2.38. The van der Waals surface area contributed by atoms with E-state index in [2.05, 4.69) is 10.6 Å². The van der Waals surface area contributed by atoms with Gasteiger partial charge in [-0.1, -0.05) is 12.8 Å². The van der Waals surface area contributed by atoms with Crippen molar-refractivity contribution < 1.29 is 23.9 Å². The molecule has 3 unspecified atom stereocenters. The molecule has 8 heteroatoms. The topological polar surface area (TPSA) is 93.7 Å². The molecule has 1 heterocycles. The van der Waals surface area contributed by atoms with Gasteiger partial charge in [0.15, 0.2) is 0 Å². The first kappa shape index (κ1) is 21.2. The monoisotopic (exact) mass is 396 g/mol. The number of anilines is 1. The van der Waals surface area contributed by atoms with Gasteiger partial charge in [0, 0.05) is 11.7 Å². The van der Waals surface area contributed by atoms with Crippen LogP contribution in [0.25, 0.3) is 0 Å². The molecular formula is C19H25ClN2O5. The highest BCUT2D eigenvalue weighted by Crippen LogP contribution is 2.33. The van der Waals surface area contributed by atoms with Crippen molar-refractivity contribution >= 4 is 35.9 Å². The fourth-order valence-electron chi connectivity index (χ4n) is 3.92. The molecule has 27 heavy (non-hydrogen) atoms. The maximum absolute atomic E-state index is 12.7. The Balaban J connectivity index is 0.00000261. The second-order valence-corrected chi connectivity index (χ2v) is 6.88. The van der Waals surface area contributed by atoms with Crippen molar-refractivity contribution in [2.24, 2.45) is 5.92 Å². The summed E-state index contributed by atoms with van der Waals surface area (Å²) >= 11 is 0. The Labute approximate surface area is 164 Å². The summed E-state index contributed by atoms with van der Waals surface area (Å²) in [6.07, 6.45) is 5.51. The van der Waals surface area contributed by atoms with Crippen molar-refractivity contribution in [3.63, 3.8) is 0 Å². The van der Waals surface area contributed by atoms with Crippen molar-refractivity contribution in [1.29, 1.82) is 0 Å². The maximum Gasteiger partial charge on any atom is 0.337 e. The normalized spacial score (nSPS) is 23.6. The van der Waals surface area contributed by atoms with Crippen LogP contribution >= 0.6 is 12.4 Å². The summed E-state index contributed by atoms with van der Waals surface area (Å²) in [4.78, 5) is 36.3. The molecule has 0 spiro atoms. The lowest BCUT2D eigenvalue weighted by Crippen LogP contribution is -2.39. The number of rotatable bonds is 4. The summed E-state index contributed by atoms with van der Waals surface area (Å²) in [5.74, 6) is -0.781. The zero-order valence-corrected chi connectivity index (χ0v) is 16.3. The van der Waals surface area contributed by atoms with Gasteiger partial charge < -0.3 is 20.1 Å². The number of halogens is 1. The summed E-state index contributed by atoms with van der Waals surface area (Å²) in [5.41, 5.74) is 0.729. The lowest BCUT2D eigenvalue weighted by Gasteiger charge is -2.24. The summed E-state index contributed by atoms with van der Waals surface area (Å²) < 4.78 is 9.42. The van der Waals surface area contributed by atoms with Gasteiger partial charge in [-0.2, -0.15) is 0 Å². The van der Waals surface area contributed by atoms with Crippen molar-refractivity contribution in [2.75, 3.05) is 19.5 Å². The van der Waals surface area contributed by atoms with Gasteiger partial charge in [-0.25, -0.2) is 9.59 Å². The molecule has 2 fully saturated rings. The van der Waals surface area contributed by atoms with Crippen LogP contribution in [0.2, 0.25) is 0 Å². The number of esters is 2. The van der Waals surface area contributed by atoms with Crippen LogP contribution in [-0.4, -0.2) is 44.1 Å². The Morgan fingerprint density at radius 1 is 1.00 bits per heavy atom. The molecule has 2 aliphatic rings. The van der Waals surface area contributed by atoms with E-state index < -0.39 is 11.9 Å².